The minimum atomic E-state index is -0.596. The second kappa shape index (κ2) is 4.00. The van der Waals surface area contributed by atoms with E-state index in [0.29, 0.717) is 5.69 Å². The molecule has 0 bridgehead atoms. The molecule has 0 aliphatic heterocycles. The van der Waals surface area contributed by atoms with Crippen molar-refractivity contribution < 1.29 is 14.6 Å². The Morgan fingerprint density at radius 3 is 2.85 bits per heavy atom. The lowest BCUT2D eigenvalue weighted by Crippen LogP contribution is -2.10. The van der Waals surface area contributed by atoms with Gasteiger partial charge < -0.3 is 9.84 Å². The number of ether oxygens (including phenoxy) is 1. The summed E-state index contributed by atoms with van der Waals surface area (Å²) in [7, 11) is 1.26. The van der Waals surface area contributed by atoms with Gasteiger partial charge >= 0.3 is 6.09 Å². The van der Waals surface area contributed by atoms with Gasteiger partial charge in [0.1, 0.15) is 5.75 Å². The van der Waals surface area contributed by atoms with Crippen LogP contribution < -0.4 is 5.32 Å². The summed E-state index contributed by atoms with van der Waals surface area (Å²) in [5.41, 5.74) is 0.425. The molecule has 0 heterocycles. The van der Waals surface area contributed by atoms with E-state index in [1.807, 2.05) is 0 Å². The number of benzene rings is 1. The van der Waals surface area contributed by atoms with Crippen molar-refractivity contribution in [2.45, 2.75) is 0 Å². The van der Waals surface area contributed by atoms with Crippen molar-refractivity contribution in [1.29, 1.82) is 0 Å². The fourth-order valence-electron chi connectivity index (χ4n) is 0.759. The van der Waals surface area contributed by atoms with Gasteiger partial charge in [0, 0.05) is 11.8 Å². The normalized spacial score (nSPS) is 9.38. The molecule has 1 amide bonds. The predicted octanol–water partition coefficient (Wildman–Crippen LogP) is 2.22. The average Bonchev–Trinajstić information content (AvgIpc) is 2.11. The van der Waals surface area contributed by atoms with E-state index in [-0.39, 0.29) is 10.8 Å². The van der Waals surface area contributed by atoms with Gasteiger partial charge in [-0.2, -0.15) is 0 Å². The van der Waals surface area contributed by atoms with Crippen LogP contribution in [0.3, 0.4) is 0 Å². The topological polar surface area (TPSA) is 58.6 Å². The Hall–Kier alpha value is -1.42. The lowest BCUT2D eigenvalue weighted by molar-refractivity contribution is 0.187. The number of methoxy groups -OCH3 is 1. The molecule has 5 heteroatoms. The van der Waals surface area contributed by atoms with Crippen molar-refractivity contribution in [3.8, 4) is 5.75 Å². The lowest BCUT2D eigenvalue weighted by Gasteiger charge is -2.04. The molecule has 1 rings (SSSR count). The molecule has 13 heavy (non-hydrogen) atoms. The summed E-state index contributed by atoms with van der Waals surface area (Å²) in [5, 5.41) is 11.8. The molecule has 0 aliphatic carbocycles. The third-order valence-corrected chi connectivity index (χ3v) is 1.70. The van der Waals surface area contributed by atoms with E-state index < -0.39 is 6.09 Å². The van der Waals surface area contributed by atoms with Gasteiger partial charge in [-0.05, 0) is 12.1 Å². The molecule has 4 nitrogen and oxygen atoms in total. The van der Waals surface area contributed by atoms with Crippen LogP contribution in [0.2, 0.25) is 5.02 Å². The van der Waals surface area contributed by atoms with E-state index in [2.05, 4.69) is 10.1 Å². The predicted molar refractivity (Wildman–Crippen MR) is 49.1 cm³/mol. The van der Waals surface area contributed by atoms with Crippen LogP contribution in [0.25, 0.3) is 0 Å². The number of hydrogen-bond acceptors (Lipinski definition) is 3. The number of carbonyl (C=O) groups is 1. The number of phenolic OH excluding ortho intramolecular Hbond substituents is 1. The Labute approximate surface area is 80.1 Å². The minimum Gasteiger partial charge on any atom is -0.506 e. The molecule has 0 atom stereocenters. The summed E-state index contributed by atoms with van der Waals surface area (Å²) in [5.74, 6) is -0.0874. The molecular weight excluding hydrogens is 194 g/mol. The molecule has 2 N–H and O–H groups in total. The number of nitrogens with one attached hydrogen (secondary N) is 1. The third kappa shape index (κ3) is 2.52. The van der Waals surface area contributed by atoms with Crippen molar-refractivity contribution in [2.24, 2.45) is 0 Å². The van der Waals surface area contributed by atoms with Crippen LogP contribution in [-0.4, -0.2) is 18.3 Å². The molecule has 0 fully saturated rings. The first kappa shape index (κ1) is 9.67. The van der Waals surface area contributed by atoms with Crippen LogP contribution in [0.4, 0.5) is 10.5 Å². The third-order valence-electron chi connectivity index (χ3n) is 1.38. The van der Waals surface area contributed by atoms with Crippen molar-refractivity contribution >= 4 is 23.4 Å². The highest BCUT2D eigenvalue weighted by Crippen LogP contribution is 2.25. The molecule has 0 saturated carbocycles. The van der Waals surface area contributed by atoms with E-state index in [1.54, 1.807) is 6.07 Å². The zero-order valence-electron chi connectivity index (χ0n) is 6.87. The Kier molecular flexibility index (Phi) is 2.97. The maximum atomic E-state index is 10.7. The van der Waals surface area contributed by atoms with Crippen LogP contribution in [0, 0.1) is 0 Å². The maximum absolute atomic E-state index is 10.7. The zero-order valence-corrected chi connectivity index (χ0v) is 7.63. The number of phenols is 1. The number of aromatic hydroxyl groups is 1. The number of anilines is 1. The molecule has 1 aromatic carbocycles. The SMILES string of the molecule is COC(=O)Nc1ccc(Cl)c(O)c1. The van der Waals surface area contributed by atoms with Crippen molar-refractivity contribution in [3.05, 3.63) is 23.2 Å². The zero-order chi connectivity index (χ0) is 9.84. The number of carbonyl (C=O) groups excluding carboxylic acids is 1. The maximum Gasteiger partial charge on any atom is 0.411 e. The molecule has 0 spiro atoms. The Balaban J connectivity index is 2.79. The quantitative estimate of drug-likeness (QED) is 0.733. The minimum absolute atomic E-state index is 0.0874. The fourth-order valence-corrected chi connectivity index (χ4v) is 0.877. The smallest absolute Gasteiger partial charge is 0.411 e. The van der Waals surface area contributed by atoms with Gasteiger partial charge in [0.15, 0.2) is 0 Å². The summed E-state index contributed by atoms with van der Waals surface area (Å²) in [6.45, 7) is 0. The summed E-state index contributed by atoms with van der Waals surface area (Å²) >= 11 is 5.56. The van der Waals surface area contributed by atoms with E-state index in [9.17, 15) is 4.79 Å². The molecule has 70 valence electrons. The number of amides is 1. The number of rotatable bonds is 1. The van der Waals surface area contributed by atoms with Crippen molar-refractivity contribution in [3.63, 3.8) is 0 Å². The molecule has 1 aromatic rings. The highest BCUT2D eigenvalue weighted by atomic mass is 35.5. The van der Waals surface area contributed by atoms with Crippen LogP contribution in [0.5, 0.6) is 5.75 Å². The Bertz CT molecular complexity index is 327. The van der Waals surface area contributed by atoms with Gasteiger partial charge in [0.25, 0.3) is 0 Å². The molecular formula is C8H8ClNO3. The molecule has 0 saturated heterocycles. The van der Waals surface area contributed by atoms with Gasteiger partial charge in [0.05, 0.1) is 12.1 Å². The summed E-state index contributed by atoms with van der Waals surface area (Å²) in [6, 6.07) is 4.36. The summed E-state index contributed by atoms with van der Waals surface area (Å²) in [4.78, 5) is 10.7. The fraction of sp³-hybridized carbons (Fsp3) is 0.125. The molecule has 0 aromatic heterocycles. The lowest BCUT2D eigenvalue weighted by atomic mass is 10.3. The highest BCUT2D eigenvalue weighted by molar-refractivity contribution is 6.32. The van der Waals surface area contributed by atoms with Crippen molar-refractivity contribution in [2.75, 3.05) is 12.4 Å². The van der Waals surface area contributed by atoms with E-state index >= 15 is 0 Å². The number of hydrogen-bond donors (Lipinski definition) is 2. The van der Waals surface area contributed by atoms with Crippen LogP contribution in [0.15, 0.2) is 18.2 Å². The first-order chi connectivity index (χ1) is 6.13. The van der Waals surface area contributed by atoms with Crippen LogP contribution in [-0.2, 0) is 4.74 Å². The van der Waals surface area contributed by atoms with E-state index in [0.717, 1.165) is 0 Å². The monoisotopic (exact) mass is 201 g/mol. The first-order valence-electron chi connectivity index (χ1n) is 3.47. The van der Waals surface area contributed by atoms with Crippen LogP contribution in [0.1, 0.15) is 0 Å². The van der Waals surface area contributed by atoms with Gasteiger partial charge in [-0.3, -0.25) is 5.32 Å². The second-order valence-electron chi connectivity index (χ2n) is 2.28. The largest absolute Gasteiger partial charge is 0.506 e. The van der Waals surface area contributed by atoms with E-state index in [4.69, 9.17) is 16.7 Å². The summed E-state index contributed by atoms with van der Waals surface area (Å²) in [6.07, 6.45) is -0.596. The summed E-state index contributed by atoms with van der Waals surface area (Å²) < 4.78 is 4.36. The van der Waals surface area contributed by atoms with Gasteiger partial charge in [-0.15, -0.1) is 0 Å². The number of halogens is 1. The van der Waals surface area contributed by atoms with Gasteiger partial charge in [0.2, 0.25) is 0 Å². The molecule has 0 unspecified atom stereocenters. The molecule has 0 radical (unpaired) electrons. The Morgan fingerprint density at radius 1 is 1.62 bits per heavy atom. The highest BCUT2D eigenvalue weighted by Gasteiger charge is 2.03. The average molecular weight is 202 g/mol. The molecule has 0 aliphatic rings. The van der Waals surface area contributed by atoms with Crippen molar-refractivity contribution in [1.82, 2.24) is 0 Å². The van der Waals surface area contributed by atoms with E-state index in [1.165, 1.54) is 19.2 Å². The van der Waals surface area contributed by atoms with Gasteiger partial charge in [-0.25, -0.2) is 4.79 Å². The first-order valence-corrected chi connectivity index (χ1v) is 3.85. The Morgan fingerprint density at radius 2 is 2.31 bits per heavy atom. The second-order valence-corrected chi connectivity index (χ2v) is 2.69. The van der Waals surface area contributed by atoms with Crippen LogP contribution >= 0.6 is 11.6 Å². The standard InChI is InChI=1S/C8H8ClNO3/c1-13-8(12)10-5-2-3-6(9)7(11)4-5/h2-4,11H,1H3,(H,10,12). The van der Waals surface area contributed by atoms with Gasteiger partial charge in [-0.1, -0.05) is 11.6 Å².